The fraction of sp³-hybridized carbons (Fsp3) is 0.261. The van der Waals surface area contributed by atoms with Crippen LogP contribution in [0.25, 0.3) is 10.2 Å². The first-order valence-corrected chi connectivity index (χ1v) is 10.7. The van der Waals surface area contributed by atoms with Gasteiger partial charge in [0.15, 0.2) is 0 Å². The van der Waals surface area contributed by atoms with Gasteiger partial charge >= 0.3 is 0 Å². The standard InChI is InChI=1S/C23H25N5OS/c1-14-22(16(3)28(4)27-14)26-23(29)15(2)24-18-11-9-17(10-12-18)13-21-25-19-7-5-6-8-20(19)30-21/h5-12,15,24H,13H2,1-4H3,(H,26,29). The highest BCUT2D eigenvalue weighted by molar-refractivity contribution is 7.18. The van der Waals surface area contributed by atoms with Crippen LogP contribution in [-0.2, 0) is 18.3 Å². The second-order valence-electron chi connectivity index (χ2n) is 7.47. The summed E-state index contributed by atoms with van der Waals surface area (Å²) in [7, 11) is 1.87. The van der Waals surface area contributed by atoms with E-state index in [-0.39, 0.29) is 11.9 Å². The van der Waals surface area contributed by atoms with Gasteiger partial charge in [-0.25, -0.2) is 4.98 Å². The third-order valence-electron chi connectivity index (χ3n) is 5.18. The highest BCUT2D eigenvalue weighted by atomic mass is 32.1. The van der Waals surface area contributed by atoms with Gasteiger partial charge in [0, 0.05) is 19.2 Å². The molecular weight excluding hydrogens is 394 g/mol. The lowest BCUT2D eigenvalue weighted by molar-refractivity contribution is -0.116. The second-order valence-corrected chi connectivity index (χ2v) is 8.59. The van der Waals surface area contributed by atoms with E-state index in [0.29, 0.717) is 0 Å². The van der Waals surface area contributed by atoms with E-state index in [2.05, 4.69) is 33.9 Å². The molecule has 1 amide bonds. The minimum Gasteiger partial charge on any atom is -0.374 e. The molecule has 2 N–H and O–H groups in total. The van der Waals surface area contributed by atoms with E-state index in [9.17, 15) is 4.79 Å². The summed E-state index contributed by atoms with van der Waals surface area (Å²) in [5, 5.41) is 11.7. The van der Waals surface area contributed by atoms with E-state index in [4.69, 9.17) is 4.98 Å². The number of carbonyl (C=O) groups is 1. The Labute approximate surface area is 180 Å². The molecule has 0 saturated heterocycles. The first-order chi connectivity index (χ1) is 14.4. The number of aromatic nitrogens is 3. The van der Waals surface area contributed by atoms with Gasteiger partial charge in [0.05, 0.1) is 32.3 Å². The van der Waals surface area contributed by atoms with Gasteiger partial charge < -0.3 is 10.6 Å². The molecule has 6 nitrogen and oxygen atoms in total. The molecule has 2 heterocycles. The van der Waals surface area contributed by atoms with Crippen molar-refractivity contribution in [2.75, 3.05) is 10.6 Å². The average Bonchev–Trinajstić information content (AvgIpc) is 3.24. The van der Waals surface area contributed by atoms with Crippen molar-refractivity contribution in [1.82, 2.24) is 14.8 Å². The molecule has 0 aliphatic carbocycles. The number of carbonyl (C=O) groups excluding carboxylic acids is 1. The second kappa shape index (κ2) is 8.28. The highest BCUT2D eigenvalue weighted by Crippen LogP contribution is 2.24. The molecule has 2 aromatic carbocycles. The molecule has 2 aromatic heterocycles. The van der Waals surface area contributed by atoms with Gasteiger partial charge in [0.1, 0.15) is 6.04 Å². The summed E-state index contributed by atoms with van der Waals surface area (Å²) < 4.78 is 2.98. The SMILES string of the molecule is Cc1nn(C)c(C)c1NC(=O)C(C)Nc1ccc(Cc2nc3ccccc3s2)cc1. The zero-order valence-electron chi connectivity index (χ0n) is 17.6. The molecule has 30 heavy (non-hydrogen) atoms. The van der Waals surface area contributed by atoms with Crippen LogP contribution >= 0.6 is 11.3 Å². The first kappa shape index (κ1) is 20.1. The van der Waals surface area contributed by atoms with Crippen LogP contribution in [0.1, 0.15) is 28.9 Å². The molecule has 1 atom stereocenters. The summed E-state index contributed by atoms with van der Waals surface area (Å²) in [5.74, 6) is -0.0900. The molecule has 4 rings (SSSR count). The molecule has 0 bridgehead atoms. The predicted molar refractivity (Wildman–Crippen MR) is 123 cm³/mol. The number of nitrogens with zero attached hydrogens (tertiary/aromatic N) is 3. The predicted octanol–water partition coefficient (Wildman–Crippen LogP) is 4.68. The molecule has 0 radical (unpaired) electrons. The first-order valence-electron chi connectivity index (χ1n) is 9.91. The minimum atomic E-state index is -0.376. The van der Waals surface area contributed by atoms with Gasteiger partial charge in [-0.1, -0.05) is 24.3 Å². The van der Waals surface area contributed by atoms with Crippen molar-refractivity contribution in [2.24, 2.45) is 7.05 Å². The van der Waals surface area contributed by atoms with Crippen LogP contribution in [0.2, 0.25) is 0 Å². The van der Waals surface area contributed by atoms with Crippen molar-refractivity contribution in [3.63, 3.8) is 0 Å². The summed E-state index contributed by atoms with van der Waals surface area (Å²) in [6.45, 7) is 5.69. The number of hydrogen-bond acceptors (Lipinski definition) is 5. The van der Waals surface area contributed by atoms with Crippen LogP contribution in [0.5, 0.6) is 0 Å². The van der Waals surface area contributed by atoms with Gasteiger partial charge in [-0.2, -0.15) is 5.10 Å². The zero-order chi connectivity index (χ0) is 21.3. The fourth-order valence-corrected chi connectivity index (χ4v) is 4.39. The third-order valence-corrected chi connectivity index (χ3v) is 6.22. The van der Waals surface area contributed by atoms with Crippen molar-refractivity contribution >= 4 is 38.8 Å². The molecule has 154 valence electrons. The molecular formula is C23H25N5OS. The number of aryl methyl sites for hydroxylation is 2. The van der Waals surface area contributed by atoms with Crippen molar-refractivity contribution in [3.05, 3.63) is 70.5 Å². The molecule has 7 heteroatoms. The molecule has 1 unspecified atom stereocenters. The van der Waals surface area contributed by atoms with Gasteiger partial charge in [-0.15, -0.1) is 11.3 Å². The van der Waals surface area contributed by atoms with E-state index in [0.717, 1.165) is 39.7 Å². The largest absolute Gasteiger partial charge is 0.374 e. The van der Waals surface area contributed by atoms with E-state index >= 15 is 0 Å². The number of benzene rings is 2. The smallest absolute Gasteiger partial charge is 0.246 e. The lowest BCUT2D eigenvalue weighted by atomic mass is 10.1. The number of nitrogens with one attached hydrogen (secondary N) is 2. The summed E-state index contributed by atoms with van der Waals surface area (Å²) in [6.07, 6.45) is 0.801. The Kier molecular flexibility index (Phi) is 5.55. The molecule has 0 aliphatic heterocycles. The van der Waals surface area contributed by atoms with Crippen molar-refractivity contribution < 1.29 is 4.79 Å². The van der Waals surface area contributed by atoms with Crippen molar-refractivity contribution in [3.8, 4) is 0 Å². The maximum Gasteiger partial charge on any atom is 0.246 e. The number of thiazole rings is 1. The van der Waals surface area contributed by atoms with Crippen LogP contribution in [0.3, 0.4) is 0 Å². The zero-order valence-corrected chi connectivity index (χ0v) is 18.4. The number of anilines is 2. The van der Waals surface area contributed by atoms with Gasteiger partial charge in [0.25, 0.3) is 0 Å². The van der Waals surface area contributed by atoms with Crippen molar-refractivity contribution in [2.45, 2.75) is 33.2 Å². The Morgan fingerprint density at radius 2 is 1.87 bits per heavy atom. The molecule has 0 fully saturated rings. The van der Waals surface area contributed by atoms with E-state index < -0.39 is 0 Å². The number of fused-ring (bicyclic) bond motifs is 1. The number of rotatable bonds is 6. The lowest BCUT2D eigenvalue weighted by Gasteiger charge is -2.16. The Morgan fingerprint density at radius 1 is 1.13 bits per heavy atom. The lowest BCUT2D eigenvalue weighted by Crippen LogP contribution is -2.32. The van der Waals surface area contributed by atoms with Crippen LogP contribution < -0.4 is 10.6 Å². The quantitative estimate of drug-likeness (QED) is 0.476. The monoisotopic (exact) mass is 419 g/mol. The van der Waals surface area contributed by atoms with Gasteiger partial charge in [0.2, 0.25) is 5.91 Å². The Hall–Kier alpha value is -3.19. The number of hydrogen-bond donors (Lipinski definition) is 2. The van der Waals surface area contributed by atoms with E-state index in [1.807, 2.05) is 58.2 Å². The Bertz CT molecular complexity index is 1160. The Balaban J connectivity index is 1.38. The van der Waals surface area contributed by atoms with Gasteiger partial charge in [-0.05, 0) is 50.6 Å². The molecule has 0 saturated carbocycles. The van der Waals surface area contributed by atoms with E-state index in [1.165, 1.54) is 10.3 Å². The molecule has 0 aliphatic rings. The van der Waals surface area contributed by atoms with Gasteiger partial charge in [-0.3, -0.25) is 9.48 Å². The summed E-state index contributed by atoms with van der Waals surface area (Å²) in [4.78, 5) is 17.3. The van der Waals surface area contributed by atoms with Crippen LogP contribution in [-0.4, -0.2) is 26.7 Å². The van der Waals surface area contributed by atoms with E-state index in [1.54, 1.807) is 16.0 Å². The maximum absolute atomic E-state index is 12.6. The third kappa shape index (κ3) is 4.21. The molecule has 0 spiro atoms. The maximum atomic E-state index is 12.6. The average molecular weight is 420 g/mol. The summed E-state index contributed by atoms with van der Waals surface area (Å²) in [6, 6.07) is 16.0. The fourth-order valence-electron chi connectivity index (χ4n) is 3.39. The van der Waals surface area contributed by atoms with Crippen LogP contribution in [0.15, 0.2) is 48.5 Å². The topological polar surface area (TPSA) is 71.8 Å². The summed E-state index contributed by atoms with van der Waals surface area (Å²) >= 11 is 1.73. The normalized spacial score (nSPS) is 12.1. The molecule has 4 aromatic rings. The van der Waals surface area contributed by atoms with Crippen molar-refractivity contribution in [1.29, 1.82) is 0 Å². The van der Waals surface area contributed by atoms with Crippen LogP contribution in [0, 0.1) is 13.8 Å². The highest BCUT2D eigenvalue weighted by Gasteiger charge is 2.17. The Morgan fingerprint density at radius 3 is 2.53 bits per heavy atom. The van der Waals surface area contributed by atoms with Crippen LogP contribution in [0.4, 0.5) is 11.4 Å². The minimum absolute atomic E-state index is 0.0900. The number of para-hydroxylation sites is 1. The summed E-state index contributed by atoms with van der Waals surface area (Å²) in [5.41, 5.74) is 5.68. The number of amides is 1.